The first-order chi connectivity index (χ1) is 13.0. The van der Waals surface area contributed by atoms with Gasteiger partial charge in [-0.1, -0.05) is 6.07 Å². The van der Waals surface area contributed by atoms with E-state index in [0.29, 0.717) is 22.9 Å². The molecule has 0 bridgehead atoms. The van der Waals surface area contributed by atoms with Crippen LogP contribution in [0.25, 0.3) is 0 Å². The van der Waals surface area contributed by atoms with E-state index < -0.39 is 5.91 Å². The number of hydrogen-bond acceptors (Lipinski definition) is 5. The molecular formula is C20H21N3O4. The molecule has 2 heterocycles. The van der Waals surface area contributed by atoms with E-state index in [0.717, 1.165) is 36.9 Å². The lowest BCUT2D eigenvalue weighted by molar-refractivity contribution is -0.128. The average Bonchev–Trinajstić information content (AvgIpc) is 3.06. The fraction of sp³-hybridized carbons (Fsp3) is 0.350. The third kappa shape index (κ3) is 3.04. The summed E-state index contributed by atoms with van der Waals surface area (Å²) in [4.78, 5) is 28.9. The van der Waals surface area contributed by atoms with Crippen molar-refractivity contribution >= 4 is 17.5 Å². The Morgan fingerprint density at radius 3 is 2.85 bits per heavy atom. The second kappa shape index (κ2) is 6.66. The number of pyridine rings is 1. The zero-order chi connectivity index (χ0) is 19.0. The lowest BCUT2D eigenvalue weighted by Gasteiger charge is -2.32. The number of aromatic nitrogens is 1. The van der Waals surface area contributed by atoms with E-state index in [2.05, 4.69) is 10.3 Å². The van der Waals surface area contributed by atoms with Crippen molar-refractivity contribution in [3.8, 4) is 5.88 Å². The number of aryl methyl sites for hydroxylation is 1. The Kier molecular flexibility index (Phi) is 4.31. The number of carbonyl (C=O) groups is 2. The van der Waals surface area contributed by atoms with Crippen molar-refractivity contribution < 1.29 is 19.5 Å². The third-order valence-corrected chi connectivity index (χ3v) is 5.59. The molecule has 4 rings (SSSR count). The molecule has 0 radical (unpaired) electrons. The predicted octanol–water partition coefficient (Wildman–Crippen LogP) is 2.12. The van der Waals surface area contributed by atoms with Crippen molar-refractivity contribution in [2.75, 3.05) is 18.7 Å². The lowest BCUT2D eigenvalue weighted by Crippen LogP contribution is -2.36. The van der Waals surface area contributed by atoms with Crippen LogP contribution in [0, 0.1) is 5.41 Å². The van der Waals surface area contributed by atoms with Gasteiger partial charge >= 0.3 is 0 Å². The van der Waals surface area contributed by atoms with E-state index in [1.165, 1.54) is 25.4 Å². The van der Waals surface area contributed by atoms with Gasteiger partial charge in [0.15, 0.2) is 0 Å². The minimum Gasteiger partial charge on any atom is -0.481 e. The van der Waals surface area contributed by atoms with Crippen LogP contribution in [0.15, 0.2) is 36.5 Å². The highest BCUT2D eigenvalue weighted by Gasteiger charge is 2.44. The second-order valence-corrected chi connectivity index (χ2v) is 7.12. The normalized spacial score (nSPS) is 20.9. The van der Waals surface area contributed by atoms with Crippen molar-refractivity contribution in [1.82, 2.24) is 10.3 Å². The molecule has 2 N–H and O–H groups in total. The molecule has 0 saturated carbocycles. The standard InChI is InChI=1S/C20H21N3O4/c1-27-17-11-16(5-8-21-17)23(26)18(24)14-2-3-15-12-20(6-4-13(15)10-14)7-9-22-19(20)25/h2-3,5,8,10-11,26H,4,6-7,9,12H2,1H3,(H,22,25)/t20-/m0/s1. The smallest absolute Gasteiger partial charge is 0.281 e. The number of hydroxylamine groups is 1. The number of nitrogens with zero attached hydrogens (tertiary/aromatic N) is 2. The number of amides is 2. The first-order valence-corrected chi connectivity index (χ1v) is 8.96. The first-order valence-electron chi connectivity index (χ1n) is 8.96. The SMILES string of the molecule is COc1cc(N(O)C(=O)c2ccc3c(c2)CC[C@]2(CCNC2=O)C3)ccn1. The molecule has 7 nitrogen and oxygen atoms in total. The van der Waals surface area contributed by atoms with E-state index in [4.69, 9.17) is 4.74 Å². The van der Waals surface area contributed by atoms with E-state index in [9.17, 15) is 14.8 Å². The van der Waals surface area contributed by atoms with Crippen LogP contribution in [0.4, 0.5) is 5.69 Å². The maximum absolute atomic E-state index is 12.7. The molecule has 2 aromatic rings. The molecule has 1 atom stereocenters. The highest BCUT2D eigenvalue weighted by molar-refractivity contribution is 6.04. The third-order valence-electron chi connectivity index (χ3n) is 5.59. The fourth-order valence-electron chi connectivity index (χ4n) is 4.00. The molecule has 1 spiro atoms. The molecule has 1 fully saturated rings. The van der Waals surface area contributed by atoms with Gasteiger partial charge in [0.05, 0.1) is 18.2 Å². The summed E-state index contributed by atoms with van der Waals surface area (Å²) < 4.78 is 5.03. The molecular weight excluding hydrogens is 346 g/mol. The van der Waals surface area contributed by atoms with Crippen LogP contribution in [0.5, 0.6) is 5.88 Å². The van der Waals surface area contributed by atoms with E-state index in [-0.39, 0.29) is 17.0 Å². The van der Waals surface area contributed by atoms with Gasteiger partial charge < -0.3 is 10.1 Å². The molecule has 1 aliphatic carbocycles. The number of benzene rings is 1. The molecule has 1 saturated heterocycles. The number of rotatable bonds is 3. The minimum atomic E-state index is -0.523. The van der Waals surface area contributed by atoms with Crippen LogP contribution in [-0.4, -0.2) is 35.7 Å². The highest BCUT2D eigenvalue weighted by Crippen LogP contribution is 2.41. The zero-order valence-electron chi connectivity index (χ0n) is 15.1. The molecule has 2 amide bonds. The number of nitrogens with one attached hydrogen (secondary N) is 1. The zero-order valence-corrected chi connectivity index (χ0v) is 15.1. The second-order valence-electron chi connectivity index (χ2n) is 7.12. The molecule has 140 valence electrons. The fourth-order valence-corrected chi connectivity index (χ4v) is 4.00. The number of carbonyl (C=O) groups excluding carboxylic acids is 2. The number of hydrogen-bond donors (Lipinski definition) is 2. The Morgan fingerprint density at radius 2 is 2.11 bits per heavy atom. The van der Waals surface area contributed by atoms with E-state index >= 15 is 0 Å². The summed E-state index contributed by atoms with van der Waals surface area (Å²) in [6.07, 6.45) is 4.56. The molecule has 1 aromatic heterocycles. The molecule has 27 heavy (non-hydrogen) atoms. The Balaban J connectivity index is 1.57. The van der Waals surface area contributed by atoms with Gasteiger partial charge in [0.25, 0.3) is 5.91 Å². The van der Waals surface area contributed by atoms with Crippen molar-refractivity contribution in [3.63, 3.8) is 0 Å². The van der Waals surface area contributed by atoms with Crippen LogP contribution in [0.1, 0.15) is 34.3 Å². The maximum atomic E-state index is 12.7. The van der Waals surface area contributed by atoms with Crippen LogP contribution in [0.3, 0.4) is 0 Å². The van der Waals surface area contributed by atoms with Gasteiger partial charge in [0.1, 0.15) is 0 Å². The summed E-state index contributed by atoms with van der Waals surface area (Å²) in [7, 11) is 1.47. The summed E-state index contributed by atoms with van der Waals surface area (Å²) in [6.45, 7) is 0.736. The molecule has 0 unspecified atom stereocenters. The monoisotopic (exact) mass is 367 g/mol. The van der Waals surface area contributed by atoms with Crippen molar-refractivity contribution in [2.24, 2.45) is 5.41 Å². The maximum Gasteiger partial charge on any atom is 0.281 e. The summed E-state index contributed by atoms with van der Waals surface area (Å²) in [5.74, 6) is -0.0728. The molecule has 2 aliphatic rings. The van der Waals surface area contributed by atoms with Gasteiger partial charge in [-0.3, -0.25) is 14.8 Å². The molecule has 7 heteroatoms. The molecule has 1 aromatic carbocycles. The topological polar surface area (TPSA) is 91.8 Å². The van der Waals surface area contributed by atoms with Gasteiger partial charge in [-0.15, -0.1) is 0 Å². The quantitative estimate of drug-likeness (QED) is 0.640. The Morgan fingerprint density at radius 1 is 1.26 bits per heavy atom. The summed E-state index contributed by atoms with van der Waals surface area (Å²) >= 11 is 0. The Bertz CT molecular complexity index is 914. The number of anilines is 1. The highest BCUT2D eigenvalue weighted by atomic mass is 16.5. The van der Waals surface area contributed by atoms with Crippen LogP contribution >= 0.6 is 0 Å². The van der Waals surface area contributed by atoms with Crippen molar-refractivity contribution in [2.45, 2.75) is 25.7 Å². The van der Waals surface area contributed by atoms with Gasteiger partial charge in [-0.25, -0.2) is 4.98 Å². The number of ether oxygens (including phenoxy) is 1. The average molecular weight is 367 g/mol. The predicted molar refractivity (Wildman–Crippen MR) is 97.9 cm³/mol. The van der Waals surface area contributed by atoms with Gasteiger partial charge in [-0.2, -0.15) is 5.06 Å². The molecule has 1 aliphatic heterocycles. The van der Waals surface area contributed by atoms with Crippen LogP contribution in [-0.2, 0) is 17.6 Å². The van der Waals surface area contributed by atoms with Gasteiger partial charge in [-0.05, 0) is 55.0 Å². The largest absolute Gasteiger partial charge is 0.481 e. The minimum absolute atomic E-state index is 0.140. The first kappa shape index (κ1) is 17.5. The Hall–Kier alpha value is -2.93. The van der Waals surface area contributed by atoms with Gasteiger partial charge in [0, 0.05) is 24.4 Å². The van der Waals surface area contributed by atoms with Crippen LogP contribution in [0.2, 0.25) is 0 Å². The van der Waals surface area contributed by atoms with E-state index in [1.54, 1.807) is 6.07 Å². The Labute approximate surface area is 156 Å². The van der Waals surface area contributed by atoms with Crippen LogP contribution < -0.4 is 15.1 Å². The van der Waals surface area contributed by atoms with Crippen molar-refractivity contribution in [1.29, 1.82) is 0 Å². The number of methoxy groups -OCH3 is 1. The lowest BCUT2D eigenvalue weighted by atomic mass is 9.70. The summed E-state index contributed by atoms with van der Waals surface area (Å²) in [5.41, 5.74) is 2.55. The summed E-state index contributed by atoms with van der Waals surface area (Å²) in [6, 6.07) is 8.43. The van der Waals surface area contributed by atoms with Crippen molar-refractivity contribution in [3.05, 3.63) is 53.2 Å². The number of fused-ring (bicyclic) bond motifs is 1. The van der Waals surface area contributed by atoms with E-state index in [1.807, 2.05) is 12.1 Å². The summed E-state index contributed by atoms with van der Waals surface area (Å²) in [5, 5.41) is 13.8. The van der Waals surface area contributed by atoms with Gasteiger partial charge in [0.2, 0.25) is 11.8 Å².